The van der Waals surface area contributed by atoms with Crippen molar-refractivity contribution in [2.45, 2.75) is 26.2 Å². The third-order valence-electron chi connectivity index (χ3n) is 2.10. The molecule has 0 radical (unpaired) electrons. The maximum Gasteiger partial charge on any atom is 0.251 e. The third kappa shape index (κ3) is 2.68. The predicted molar refractivity (Wildman–Crippen MR) is 60.7 cm³/mol. The van der Waals surface area contributed by atoms with E-state index in [1.807, 2.05) is 20.8 Å². The molecular formula is C11H17N3O. The lowest BCUT2D eigenvalue weighted by Crippen LogP contribution is -2.21. The summed E-state index contributed by atoms with van der Waals surface area (Å²) >= 11 is 0. The first-order chi connectivity index (χ1) is 6.84. The van der Waals surface area contributed by atoms with Crippen molar-refractivity contribution in [2.75, 3.05) is 12.8 Å². The first kappa shape index (κ1) is 11.5. The van der Waals surface area contributed by atoms with Crippen molar-refractivity contribution in [3.05, 3.63) is 23.4 Å². The molecule has 1 heterocycles. The summed E-state index contributed by atoms with van der Waals surface area (Å²) in [5.74, 6) is 0.232. The van der Waals surface area contributed by atoms with Crippen LogP contribution in [0.15, 0.2) is 12.1 Å². The van der Waals surface area contributed by atoms with Crippen LogP contribution in [-0.2, 0) is 5.41 Å². The van der Waals surface area contributed by atoms with Gasteiger partial charge in [-0.05, 0) is 12.1 Å². The monoisotopic (exact) mass is 207 g/mol. The van der Waals surface area contributed by atoms with E-state index < -0.39 is 0 Å². The number of aromatic nitrogens is 1. The Morgan fingerprint density at radius 1 is 1.40 bits per heavy atom. The number of nitrogens with zero attached hydrogens (tertiary/aromatic N) is 1. The van der Waals surface area contributed by atoms with Gasteiger partial charge in [0.05, 0.1) is 0 Å². The number of hydrogen-bond acceptors (Lipinski definition) is 3. The average Bonchev–Trinajstić information content (AvgIpc) is 2.14. The summed E-state index contributed by atoms with van der Waals surface area (Å²) < 4.78 is 0. The molecule has 0 bridgehead atoms. The molecule has 4 heteroatoms. The first-order valence-electron chi connectivity index (χ1n) is 4.84. The number of nitrogens with two attached hydrogens (primary N) is 1. The van der Waals surface area contributed by atoms with E-state index in [1.54, 1.807) is 19.2 Å². The Hall–Kier alpha value is -1.58. The number of nitrogen functional groups attached to an aromatic ring is 1. The highest BCUT2D eigenvalue weighted by Gasteiger charge is 2.18. The highest BCUT2D eigenvalue weighted by atomic mass is 16.1. The van der Waals surface area contributed by atoms with Crippen LogP contribution in [0.3, 0.4) is 0 Å². The van der Waals surface area contributed by atoms with Gasteiger partial charge in [-0.3, -0.25) is 4.79 Å². The maximum absolute atomic E-state index is 11.5. The Kier molecular flexibility index (Phi) is 2.98. The van der Waals surface area contributed by atoms with Gasteiger partial charge in [0.25, 0.3) is 5.91 Å². The molecule has 0 unspecified atom stereocenters. The summed E-state index contributed by atoms with van der Waals surface area (Å²) in [6.07, 6.45) is 0. The molecule has 0 aromatic carbocycles. The lowest BCUT2D eigenvalue weighted by atomic mass is 9.90. The summed E-state index contributed by atoms with van der Waals surface area (Å²) in [5.41, 5.74) is 6.92. The minimum Gasteiger partial charge on any atom is -0.384 e. The van der Waals surface area contributed by atoms with Crippen LogP contribution in [0.2, 0.25) is 0 Å². The van der Waals surface area contributed by atoms with Gasteiger partial charge in [-0.1, -0.05) is 20.8 Å². The number of nitrogens with one attached hydrogen (secondary N) is 1. The van der Waals surface area contributed by atoms with Gasteiger partial charge in [0, 0.05) is 23.7 Å². The van der Waals surface area contributed by atoms with E-state index in [4.69, 9.17) is 5.73 Å². The number of hydrogen-bond donors (Lipinski definition) is 2. The molecule has 0 aliphatic rings. The summed E-state index contributed by atoms with van der Waals surface area (Å²) in [6.45, 7) is 6.09. The third-order valence-corrected chi connectivity index (χ3v) is 2.10. The van der Waals surface area contributed by atoms with E-state index in [9.17, 15) is 4.79 Å². The summed E-state index contributed by atoms with van der Waals surface area (Å²) in [5, 5.41) is 2.56. The predicted octanol–water partition coefficient (Wildman–Crippen LogP) is 1.32. The fourth-order valence-electron chi connectivity index (χ4n) is 1.21. The summed E-state index contributed by atoms with van der Waals surface area (Å²) in [7, 11) is 1.59. The van der Waals surface area contributed by atoms with Gasteiger partial charge in [-0.15, -0.1) is 0 Å². The number of rotatable bonds is 1. The topological polar surface area (TPSA) is 68.0 Å². The Morgan fingerprint density at radius 2 is 2.00 bits per heavy atom. The van der Waals surface area contributed by atoms with E-state index in [2.05, 4.69) is 10.3 Å². The molecule has 0 fully saturated rings. The van der Waals surface area contributed by atoms with E-state index in [0.717, 1.165) is 5.69 Å². The van der Waals surface area contributed by atoms with Crippen LogP contribution < -0.4 is 11.1 Å². The molecule has 0 spiro atoms. The average molecular weight is 207 g/mol. The molecule has 4 nitrogen and oxygen atoms in total. The molecule has 1 rings (SSSR count). The minimum absolute atomic E-state index is 0.113. The Bertz CT molecular complexity index is 380. The van der Waals surface area contributed by atoms with Gasteiger partial charge >= 0.3 is 0 Å². The molecule has 0 saturated heterocycles. The zero-order valence-electron chi connectivity index (χ0n) is 9.59. The largest absolute Gasteiger partial charge is 0.384 e. The van der Waals surface area contributed by atoms with Gasteiger partial charge in [0.15, 0.2) is 0 Å². The molecule has 1 aromatic rings. The molecular weight excluding hydrogens is 190 g/mol. The zero-order valence-corrected chi connectivity index (χ0v) is 9.59. The van der Waals surface area contributed by atoms with Gasteiger partial charge in [0.2, 0.25) is 0 Å². The molecule has 0 atom stereocenters. The van der Waals surface area contributed by atoms with E-state index in [-0.39, 0.29) is 11.3 Å². The summed E-state index contributed by atoms with van der Waals surface area (Å²) in [4.78, 5) is 15.7. The molecule has 3 N–H and O–H groups in total. The van der Waals surface area contributed by atoms with Crippen molar-refractivity contribution in [3.8, 4) is 0 Å². The maximum atomic E-state index is 11.5. The Balaban J connectivity index is 3.23. The van der Waals surface area contributed by atoms with Gasteiger partial charge < -0.3 is 11.1 Å². The van der Waals surface area contributed by atoms with Gasteiger partial charge in [-0.2, -0.15) is 0 Å². The van der Waals surface area contributed by atoms with Crippen molar-refractivity contribution in [2.24, 2.45) is 0 Å². The summed E-state index contributed by atoms with van der Waals surface area (Å²) in [6, 6.07) is 3.35. The number of carbonyl (C=O) groups is 1. The first-order valence-corrected chi connectivity index (χ1v) is 4.84. The van der Waals surface area contributed by atoms with Crippen LogP contribution in [0.1, 0.15) is 36.8 Å². The second-order valence-electron chi connectivity index (χ2n) is 4.50. The molecule has 1 amide bonds. The molecule has 15 heavy (non-hydrogen) atoms. The van der Waals surface area contributed by atoms with Crippen molar-refractivity contribution < 1.29 is 4.79 Å². The molecule has 82 valence electrons. The fourth-order valence-corrected chi connectivity index (χ4v) is 1.21. The molecule has 0 aliphatic heterocycles. The zero-order chi connectivity index (χ0) is 11.6. The minimum atomic E-state index is -0.144. The van der Waals surface area contributed by atoms with Crippen LogP contribution in [-0.4, -0.2) is 17.9 Å². The number of pyridine rings is 1. The standard InChI is InChI=1S/C11H17N3O/c1-11(2,3)8-5-7(10(15)13-4)6-9(12)14-8/h5-6H,1-4H3,(H2,12,14)(H,13,15). The molecule has 1 aromatic heterocycles. The van der Waals surface area contributed by atoms with E-state index in [1.165, 1.54) is 0 Å². The lowest BCUT2D eigenvalue weighted by Gasteiger charge is -2.18. The van der Waals surface area contributed by atoms with Crippen LogP contribution in [0.25, 0.3) is 0 Å². The highest BCUT2D eigenvalue weighted by Crippen LogP contribution is 2.22. The van der Waals surface area contributed by atoms with E-state index >= 15 is 0 Å². The van der Waals surface area contributed by atoms with Crippen LogP contribution >= 0.6 is 0 Å². The smallest absolute Gasteiger partial charge is 0.251 e. The molecule has 0 aliphatic carbocycles. The van der Waals surface area contributed by atoms with Gasteiger partial charge in [-0.25, -0.2) is 4.98 Å². The van der Waals surface area contributed by atoms with Crippen molar-refractivity contribution in [1.82, 2.24) is 10.3 Å². The second kappa shape index (κ2) is 3.88. The highest BCUT2D eigenvalue weighted by molar-refractivity contribution is 5.94. The number of anilines is 1. The molecule has 0 saturated carbocycles. The SMILES string of the molecule is CNC(=O)c1cc(N)nc(C(C)(C)C)c1. The quantitative estimate of drug-likeness (QED) is 0.729. The number of carbonyl (C=O) groups excluding carboxylic acids is 1. The van der Waals surface area contributed by atoms with Crippen LogP contribution in [0, 0.1) is 0 Å². The lowest BCUT2D eigenvalue weighted by molar-refractivity contribution is 0.0963. The van der Waals surface area contributed by atoms with Crippen molar-refractivity contribution in [3.63, 3.8) is 0 Å². The van der Waals surface area contributed by atoms with Crippen molar-refractivity contribution in [1.29, 1.82) is 0 Å². The van der Waals surface area contributed by atoms with Gasteiger partial charge in [0.1, 0.15) is 5.82 Å². The number of amides is 1. The van der Waals surface area contributed by atoms with Crippen LogP contribution in [0.5, 0.6) is 0 Å². The Labute approximate surface area is 89.9 Å². The second-order valence-corrected chi connectivity index (χ2v) is 4.50. The Morgan fingerprint density at radius 3 is 2.47 bits per heavy atom. The fraction of sp³-hybridized carbons (Fsp3) is 0.455. The van der Waals surface area contributed by atoms with Crippen LogP contribution in [0.4, 0.5) is 5.82 Å². The van der Waals surface area contributed by atoms with E-state index in [0.29, 0.717) is 11.4 Å². The van der Waals surface area contributed by atoms with Crippen molar-refractivity contribution >= 4 is 11.7 Å². The normalized spacial score (nSPS) is 11.2.